The number of H-pyrrole nitrogens is 1. The standard InChI is InChI=1S/C22H23N3O2/c1-2-16(21-20(3-1)26-12-27-21)18-11-25-22-17(18)9-15(10-24-22)13-4-5-19-14(8-13)6-7-23-19/h2,4-7,11,14-15,23-25H,1,3,8-10,12H2. The van der Waals surface area contributed by atoms with Crippen molar-refractivity contribution in [3.63, 3.8) is 0 Å². The van der Waals surface area contributed by atoms with Crippen molar-refractivity contribution in [3.05, 3.63) is 70.6 Å². The summed E-state index contributed by atoms with van der Waals surface area (Å²) in [6.07, 6.45) is 17.5. The number of aromatic amines is 1. The van der Waals surface area contributed by atoms with Crippen LogP contribution in [0.3, 0.4) is 0 Å². The first kappa shape index (κ1) is 15.3. The molecule has 4 heterocycles. The lowest BCUT2D eigenvalue weighted by atomic mass is 9.80. The van der Waals surface area contributed by atoms with Crippen LogP contribution in [0.2, 0.25) is 0 Å². The summed E-state index contributed by atoms with van der Waals surface area (Å²) in [4.78, 5) is 3.44. The van der Waals surface area contributed by atoms with Crippen LogP contribution in [0.1, 0.15) is 30.4 Å². The highest BCUT2D eigenvalue weighted by Crippen LogP contribution is 2.43. The Labute approximate surface area is 158 Å². The number of ether oxygens (including phenoxy) is 2. The average molecular weight is 361 g/mol. The number of fused-ring (bicyclic) bond motifs is 2. The van der Waals surface area contributed by atoms with E-state index in [9.17, 15) is 0 Å². The Bertz CT molecular complexity index is 960. The Morgan fingerprint density at radius 2 is 2.11 bits per heavy atom. The smallest absolute Gasteiger partial charge is 0.230 e. The molecule has 0 saturated carbocycles. The van der Waals surface area contributed by atoms with Gasteiger partial charge in [-0.2, -0.15) is 0 Å². The van der Waals surface area contributed by atoms with E-state index in [0.29, 0.717) is 18.6 Å². The van der Waals surface area contributed by atoms with Crippen molar-refractivity contribution in [2.75, 3.05) is 18.7 Å². The molecular weight excluding hydrogens is 338 g/mol. The van der Waals surface area contributed by atoms with Gasteiger partial charge in [0, 0.05) is 53.4 Å². The van der Waals surface area contributed by atoms with Crippen LogP contribution < -0.4 is 10.6 Å². The molecular formula is C22H23N3O2. The first-order valence-corrected chi connectivity index (χ1v) is 9.84. The predicted octanol–water partition coefficient (Wildman–Crippen LogP) is 3.94. The minimum atomic E-state index is 0.347. The number of rotatable bonds is 2. The second-order valence-corrected chi connectivity index (χ2v) is 7.83. The van der Waals surface area contributed by atoms with Gasteiger partial charge < -0.3 is 25.1 Å². The highest BCUT2D eigenvalue weighted by molar-refractivity contribution is 5.83. The molecule has 0 aromatic carbocycles. The maximum atomic E-state index is 5.80. The van der Waals surface area contributed by atoms with Gasteiger partial charge in [0.2, 0.25) is 6.79 Å². The van der Waals surface area contributed by atoms with Crippen LogP contribution in [-0.2, 0) is 15.9 Å². The molecule has 1 aromatic rings. The van der Waals surface area contributed by atoms with Gasteiger partial charge in [0.15, 0.2) is 5.76 Å². The van der Waals surface area contributed by atoms with Crippen LogP contribution in [-0.4, -0.2) is 18.3 Å². The zero-order valence-electron chi connectivity index (χ0n) is 15.2. The third kappa shape index (κ3) is 2.37. The molecule has 5 nitrogen and oxygen atoms in total. The van der Waals surface area contributed by atoms with E-state index in [1.165, 1.54) is 22.4 Å². The number of aromatic nitrogens is 1. The molecule has 1 aromatic heterocycles. The highest BCUT2D eigenvalue weighted by Gasteiger charge is 2.32. The molecule has 0 amide bonds. The fraction of sp³-hybridized carbons (Fsp3) is 0.364. The van der Waals surface area contributed by atoms with E-state index < -0.39 is 0 Å². The topological polar surface area (TPSA) is 58.3 Å². The average Bonchev–Trinajstić information content (AvgIpc) is 3.44. The zero-order valence-corrected chi connectivity index (χ0v) is 15.2. The molecule has 2 atom stereocenters. The third-order valence-electron chi connectivity index (χ3n) is 6.34. The van der Waals surface area contributed by atoms with Crippen LogP contribution in [0.15, 0.2) is 59.5 Å². The fourth-order valence-electron chi connectivity index (χ4n) is 4.90. The molecule has 2 aliphatic carbocycles. The Balaban J connectivity index is 1.31. The summed E-state index contributed by atoms with van der Waals surface area (Å²) in [6, 6.07) is 0. The van der Waals surface area contributed by atoms with Crippen molar-refractivity contribution in [2.24, 2.45) is 11.8 Å². The summed E-state index contributed by atoms with van der Waals surface area (Å²) in [5, 5.41) is 6.97. The van der Waals surface area contributed by atoms with Gasteiger partial charge in [-0.15, -0.1) is 0 Å². The van der Waals surface area contributed by atoms with Crippen LogP contribution in [0, 0.1) is 11.8 Å². The lowest BCUT2D eigenvalue weighted by Gasteiger charge is -2.30. The van der Waals surface area contributed by atoms with Gasteiger partial charge >= 0.3 is 0 Å². The molecule has 5 heteroatoms. The van der Waals surface area contributed by atoms with Gasteiger partial charge in [0.1, 0.15) is 11.6 Å². The number of nitrogens with one attached hydrogen (secondary N) is 3. The largest absolute Gasteiger partial charge is 0.458 e. The molecule has 0 radical (unpaired) electrons. The summed E-state index contributed by atoms with van der Waals surface area (Å²) in [7, 11) is 0. The van der Waals surface area contributed by atoms with E-state index in [1.54, 1.807) is 5.57 Å². The van der Waals surface area contributed by atoms with E-state index in [0.717, 1.165) is 49.6 Å². The predicted molar refractivity (Wildman–Crippen MR) is 104 cm³/mol. The Kier molecular flexibility index (Phi) is 3.30. The molecule has 2 unspecified atom stereocenters. The first-order valence-electron chi connectivity index (χ1n) is 9.84. The number of anilines is 1. The molecule has 3 N–H and O–H groups in total. The quantitative estimate of drug-likeness (QED) is 0.747. The maximum absolute atomic E-state index is 5.80. The van der Waals surface area contributed by atoms with Crippen molar-refractivity contribution in [2.45, 2.75) is 25.7 Å². The minimum absolute atomic E-state index is 0.347. The summed E-state index contributed by atoms with van der Waals surface area (Å²) in [5.74, 6) is 4.16. The highest BCUT2D eigenvalue weighted by atomic mass is 16.7. The Hall–Kier alpha value is -2.82. The lowest BCUT2D eigenvalue weighted by Crippen LogP contribution is -2.27. The van der Waals surface area contributed by atoms with Gasteiger partial charge in [-0.1, -0.05) is 23.8 Å². The molecule has 27 heavy (non-hydrogen) atoms. The van der Waals surface area contributed by atoms with Crippen molar-refractivity contribution < 1.29 is 9.47 Å². The molecule has 138 valence electrons. The SMILES string of the molecule is C1=CC2CC(C3CNc4[nH]cc(C5=CCCC6=C5OCO6)c4C3)=CC=C2N1. The number of hydrogen-bond donors (Lipinski definition) is 3. The summed E-state index contributed by atoms with van der Waals surface area (Å²) in [6.45, 7) is 1.33. The van der Waals surface area contributed by atoms with Gasteiger partial charge in [-0.3, -0.25) is 0 Å². The second-order valence-electron chi connectivity index (χ2n) is 7.83. The molecule has 0 spiro atoms. The van der Waals surface area contributed by atoms with Crippen molar-refractivity contribution in [1.82, 2.24) is 10.3 Å². The molecule has 5 aliphatic rings. The van der Waals surface area contributed by atoms with E-state index in [4.69, 9.17) is 9.47 Å². The van der Waals surface area contributed by atoms with Gasteiger partial charge in [0.05, 0.1) is 0 Å². The summed E-state index contributed by atoms with van der Waals surface area (Å²) < 4.78 is 11.4. The van der Waals surface area contributed by atoms with Gasteiger partial charge in [-0.05, 0) is 31.5 Å². The lowest BCUT2D eigenvalue weighted by molar-refractivity contribution is 0.0736. The Morgan fingerprint density at radius 3 is 3.11 bits per heavy atom. The molecule has 3 aliphatic heterocycles. The van der Waals surface area contributed by atoms with Crippen LogP contribution in [0.25, 0.3) is 5.57 Å². The van der Waals surface area contributed by atoms with E-state index in [-0.39, 0.29) is 0 Å². The van der Waals surface area contributed by atoms with E-state index in [2.05, 4.69) is 52.3 Å². The fourth-order valence-corrected chi connectivity index (χ4v) is 4.90. The number of hydrogen-bond acceptors (Lipinski definition) is 4. The third-order valence-corrected chi connectivity index (χ3v) is 6.34. The van der Waals surface area contributed by atoms with Gasteiger partial charge in [0.25, 0.3) is 0 Å². The summed E-state index contributed by atoms with van der Waals surface area (Å²) in [5.41, 5.74) is 6.69. The number of allylic oxidation sites excluding steroid dienone is 6. The zero-order chi connectivity index (χ0) is 17.8. The van der Waals surface area contributed by atoms with Crippen molar-refractivity contribution in [3.8, 4) is 0 Å². The van der Waals surface area contributed by atoms with Crippen LogP contribution in [0.5, 0.6) is 0 Å². The van der Waals surface area contributed by atoms with Crippen molar-refractivity contribution in [1.29, 1.82) is 0 Å². The van der Waals surface area contributed by atoms with Gasteiger partial charge in [-0.25, -0.2) is 0 Å². The van der Waals surface area contributed by atoms with E-state index >= 15 is 0 Å². The monoisotopic (exact) mass is 361 g/mol. The maximum Gasteiger partial charge on any atom is 0.230 e. The molecule has 6 rings (SSSR count). The first-order chi connectivity index (χ1) is 13.4. The Morgan fingerprint density at radius 1 is 1.11 bits per heavy atom. The molecule has 0 fully saturated rings. The van der Waals surface area contributed by atoms with Crippen LogP contribution in [0.4, 0.5) is 5.82 Å². The van der Waals surface area contributed by atoms with Crippen LogP contribution >= 0.6 is 0 Å². The molecule has 0 saturated heterocycles. The summed E-state index contributed by atoms with van der Waals surface area (Å²) >= 11 is 0. The van der Waals surface area contributed by atoms with E-state index in [1.807, 2.05) is 0 Å². The normalized spacial score (nSPS) is 27.9. The second kappa shape index (κ2) is 5.84. The minimum Gasteiger partial charge on any atom is -0.458 e. The van der Waals surface area contributed by atoms with Crippen molar-refractivity contribution >= 4 is 11.4 Å². The molecule has 0 bridgehead atoms.